The molecule has 0 aromatic heterocycles. The third-order valence-corrected chi connectivity index (χ3v) is 5.14. The topological polar surface area (TPSA) is 83.8 Å². The number of carbonyl (C=O) groups is 2. The molecule has 0 aromatic rings. The highest BCUT2D eigenvalue weighted by Crippen LogP contribution is 2.30. The minimum absolute atomic E-state index is 0.0772. The molecule has 1 aliphatic rings. The molecule has 0 unspecified atom stereocenters. The summed E-state index contributed by atoms with van der Waals surface area (Å²) >= 11 is 0. The van der Waals surface area contributed by atoms with E-state index < -0.39 is 24.0 Å². The van der Waals surface area contributed by atoms with Crippen LogP contribution in [0.15, 0.2) is 12.2 Å². The Kier molecular flexibility index (Phi) is 11.3. The van der Waals surface area contributed by atoms with Crippen LogP contribution >= 0.6 is 0 Å². The molecule has 0 spiro atoms. The van der Waals surface area contributed by atoms with Crippen LogP contribution in [0.3, 0.4) is 0 Å². The molecule has 2 N–H and O–H groups in total. The third kappa shape index (κ3) is 8.84. The fourth-order valence-electron chi connectivity index (χ4n) is 3.54. The molecule has 0 bridgehead atoms. The zero-order chi connectivity index (χ0) is 19.4. The average molecular weight is 369 g/mol. The van der Waals surface area contributed by atoms with Crippen molar-refractivity contribution in [1.29, 1.82) is 0 Å². The molecule has 1 saturated heterocycles. The largest absolute Gasteiger partial charge is 0.481 e. The second-order valence-electron chi connectivity index (χ2n) is 7.60. The Morgan fingerprint density at radius 3 is 1.92 bits per heavy atom. The van der Waals surface area contributed by atoms with Gasteiger partial charge in [0, 0.05) is 5.57 Å². The lowest BCUT2D eigenvalue weighted by molar-refractivity contribution is -0.144. The summed E-state index contributed by atoms with van der Waals surface area (Å²) in [6, 6.07) is 0. The number of carboxylic acid groups (broad SMARTS) is 1. The Morgan fingerprint density at radius 2 is 1.46 bits per heavy atom. The normalized spacial score (nSPS) is 21.0. The van der Waals surface area contributed by atoms with E-state index in [0.717, 1.165) is 32.1 Å². The molecule has 3 atom stereocenters. The van der Waals surface area contributed by atoms with Crippen LogP contribution in [0.1, 0.15) is 90.4 Å². The van der Waals surface area contributed by atoms with Gasteiger partial charge in [-0.1, -0.05) is 70.8 Å². The van der Waals surface area contributed by atoms with Crippen LogP contribution in [-0.2, 0) is 14.3 Å². The number of aliphatic hydroxyl groups is 1. The van der Waals surface area contributed by atoms with E-state index in [0.29, 0.717) is 6.42 Å². The van der Waals surface area contributed by atoms with Crippen molar-refractivity contribution in [2.75, 3.05) is 0 Å². The number of aliphatic hydroxyl groups excluding tert-OH is 1. The minimum atomic E-state index is -1.02. The Hall–Kier alpha value is -1.36. The van der Waals surface area contributed by atoms with Gasteiger partial charge in [-0.05, 0) is 26.2 Å². The van der Waals surface area contributed by atoms with Crippen LogP contribution in [0.25, 0.3) is 0 Å². The number of carbonyl (C=O) groups excluding carboxylic acids is 1. The molecule has 0 radical (unpaired) electrons. The van der Waals surface area contributed by atoms with E-state index in [1.165, 1.54) is 44.9 Å². The Morgan fingerprint density at radius 1 is 1.00 bits per heavy atom. The smallest absolute Gasteiger partial charge is 0.334 e. The number of hydrogen-bond donors (Lipinski definition) is 2. The van der Waals surface area contributed by atoms with Gasteiger partial charge in [0.05, 0.1) is 6.10 Å². The van der Waals surface area contributed by atoms with Gasteiger partial charge in [-0.15, -0.1) is 0 Å². The summed E-state index contributed by atoms with van der Waals surface area (Å²) in [4.78, 5) is 22.7. The molecule has 1 heterocycles. The van der Waals surface area contributed by atoms with Gasteiger partial charge < -0.3 is 14.9 Å². The van der Waals surface area contributed by atoms with Gasteiger partial charge in [0.25, 0.3) is 0 Å². The maximum Gasteiger partial charge on any atom is 0.334 e. The van der Waals surface area contributed by atoms with E-state index in [-0.39, 0.29) is 11.7 Å². The molecule has 1 fully saturated rings. The predicted octanol–water partition coefficient (Wildman–Crippen LogP) is 4.62. The summed E-state index contributed by atoms with van der Waals surface area (Å²) in [5.41, 5.74) is 0.0772. The van der Waals surface area contributed by atoms with Crippen LogP contribution in [0.2, 0.25) is 0 Å². The third-order valence-electron chi connectivity index (χ3n) is 5.14. The van der Waals surface area contributed by atoms with Crippen LogP contribution in [0, 0.1) is 5.92 Å². The summed E-state index contributed by atoms with van der Waals surface area (Å²) in [6.07, 6.45) is 13.8. The average Bonchev–Trinajstić information content (AvgIpc) is 2.86. The molecular weight excluding hydrogens is 332 g/mol. The molecule has 0 aliphatic carbocycles. The predicted molar refractivity (Wildman–Crippen MR) is 102 cm³/mol. The zero-order valence-electron chi connectivity index (χ0n) is 16.3. The van der Waals surface area contributed by atoms with E-state index in [4.69, 9.17) is 4.74 Å². The van der Waals surface area contributed by atoms with Gasteiger partial charge >= 0.3 is 11.9 Å². The van der Waals surface area contributed by atoms with Crippen molar-refractivity contribution < 1.29 is 24.5 Å². The lowest BCUT2D eigenvalue weighted by Crippen LogP contribution is -2.24. The summed E-state index contributed by atoms with van der Waals surface area (Å²) in [6.45, 7) is 5.39. The molecule has 26 heavy (non-hydrogen) atoms. The van der Waals surface area contributed by atoms with Gasteiger partial charge in [0.2, 0.25) is 0 Å². The van der Waals surface area contributed by atoms with E-state index in [2.05, 4.69) is 6.58 Å². The second-order valence-corrected chi connectivity index (χ2v) is 7.60. The van der Waals surface area contributed by atoms with Crippen LogP contribution in [0.5, 0.6) is 0 Å². The molecule has 1 rings (SSSR count). The van der Waals surface area contributed by atoms with Crippen molar-refractivity contribution in [3.63, 3.8) is 0 Å². The van der Waals surface area contributed by atoms with E-state index in [9.17, 15) is 19.8 Å². The van der Waals surface area contributed by atoms with Crippen LogP contribution < -0.4 is 0 Å². The molecule has 1 aliphatic heterocycles. The van der Waals surface area contributed by atoms with Gasteiger partial charge in [-0.2, -0.15) is 0 Å². The Balaban J connectivity index is 1.93. The first-order valence-electron chi connectivity index (χ1n) is 10.2. The SMILES string of the molecule is C=C1C(=O)O[C@H](CCCCCCCCCCCCC[C@H](C)O)[C@H]1C(=O)O. The van der Waals surface area contributed by atoms with Gasteiger partial charge in [-0.3, -0.25) is 4.79 Å². The molecular formula is C21H36O5. The number of cyclic esters (lactones) is 1. The molecule has 5 nitrogen and oxygen atoms in total. The monoisotopic (exact) mass is 368 g/mol. The number of aliphatic carboxylic acids is 1. The lowest BCUT2D eigenvalue weighted by Gasteiger charge is -2.13. The molecule has 5 heteroatoms. The van der Waals surface area contributed by atoms with E-state index in [1.54, 1.807) is 0 Å². The van der Waals surface area contributed by atoms with Crippen molar-refractivity contribution in [3.05, 3.63) is 12.2 Å². The molecule has 0 amide bonds. The number of esters is 1. The summed E-state index contributed by atoms with van der Waals surface area (Å²) in [5, 5.41) is 18.4. The van der Waals surface area contributed by atoms with Gasteiger partial charge in [0.15, 0.2) is 0 Å². The first kappa shape index (κ1) is 22.7. The first-order valence-corrected chi connectivity index (χ1v) is 10.2. The van der Waals surface area contributed by atoms with Crippen molar-refractivity contribution in [3.8, 4) is 0 Å². The Labute approximate surface area is 157 Å². The standard InChI is InChI=1S/C21H36O5/c1-16(22)14-12-10-8-6-4-3-5-7-9-11-13-15-18-19(20(23)24)17(2)21(25)26-18/h16,18-19,22H,2-15H2,1H3,(H,23,24)/t16-,18+,19-/m0/s1. The van der Waals surface area contributed by atoms with Crippen molar-refractivity contribution in [1.82, 2.24) is 0 Å². The summed E-state index contributed by atoms with van der Waals surface area (Å²) in [5.74, 6) is -2.45. The van der Waals surface area contributed by atoms with E-state index >= 15 is 0 Å². The second kappa shape index (κ2) is 12.9. The number of hydrogen-bond acceptors (Lipinski definition) is 4. The lowest BCUT2D eigenvalue weighted by atomic mass is 9.93. The van der Waals surface area contributed by atoms with E-state index in [1.807, 2.05) is 6.92 Å². The van der Waals surface area contributed by atoms with Crippen LogP contribution in [0.4, 0.5) is 0 Å². The fraction of sp³-hybridized carbons (Fsp3) is 0.810. The van der Waals surface area contributed by atoms with Crippen molar-refractivity contribution in [2.45, 2.75) is 103 Å². The van der Waals surface area contributed by atoms with Crippen molar-refractivity contribution >= 4 is 11.9 Å². The molecule has 150 valence electrons. The van der Waals surface area contributed by atoms with Gasteiger partial charge in [-0.25, -0.2) is 4.79 Å². The highest BCUT2D eigenvalue weighted by molar-refractivity contribution is 5.97. The maximum atomic E-state index is 11.5. The highest BCUT2D eigenvalue weighted by Gasteiger charge is 2.42. The zero-order valence-corrected chi connectivity index (χ0v) is 16.3. The maximum absolute atomic E-state index is 11.5. The Bertz CT molecular complexity index is 444. The minimum Gasteiger partial charge on any atom is -0.481 e. The summed E-state index contributed by atoms with van der Waals surface area (Å²) in [7, 11) is 0. The van der Waals surface area contributed by atoms with Gasteiger partial charge in [0.1, 0.15) is 12.0 Å². The highest BCUT2D eigenvalue weighted by atomic mass is 16.6. The quantitative estimate of drug-likeness (QED) is 0.250. The fourth-order valence-corrected chi connectivity index (χ4v) is 3.54. The van der Waals surface area contributed by atoms with Crippen LogP contribution in [-0.4, -0.2) is 34.4 Å². The molecule has 0 saturated carbocycles. The number of carboxylic acids is 1. The summed E-state index contributed by atoms with van der Waals surface area (Å²) < 4.78 is 5.13. The number of ether oxygens (including phenoxy) is 1. The molecule has 0 aromatic carbocycles. The van der Waals surface area contributed by atoms with Crippen molar-refractivity contribution in [2.24, 2.45) is 5.92 Å². The first-order chi connectivity index (χ1) is 12.4. The number of unbranched alkanes of at least 4 members (excludes halogenated alkanes) is 10. The number of rotatable bonds is 15.